The fourth-order valence-corrected chi connectivity index (χ4v) is 2.45. The summed E-state index contributed by atoms with van der Waals surface area (Å²) >= 11 is 1.57. The topological polar surface area (TPSA) is 76.1 Å². The largest absolute Gasteiger partial charge is 0.478 e. The molecule has 0 aliphatic rings. The molecule has 0 bridgehead atoms. The third-order valence-electron chi connectivity index (χ3n) is 2.66. The van der Waals surface area contributed by atoms with Crippen LogP contribution in [0.15, 0.2) is 24.5 Å². The summed E-state index contributed by atoms with van der Waals surface area (Å²) in [6.45, 7) is 5.22. The Hall–Kier alpha value is -2.15. The predicted molar refractivity (Wildman–Crippen MR) is 81.3 cm³/mol. The standard InChI is InChI=1S/C14H18N4O2S/c1-3-20-13-11(5-4-6-15-13)7-17-14(19)18-9-12-8-16-10(2)21-12/h4-6,8H,3,7,9H2,1-2H3,(H2,17,18,19). The van der Waals surface area contributed by atoms with Gasteiger partial charge in [0.25, 0.3) is 0 Å². The van der Waals surface area contributed by atoms with Crippen LogP contribution in [0.3, 0.4) is 0 Å². The maximum Gasteiger partial charge on any atom is 0.315 e. The monoisotopic (exact) mass is 306 g/mol. The molecule has 0 spiro atoms. The van der Waals surface area contributed by atoms with Gasteiger partial charge in [0.15, 0.2) is 0 Å². The number of nitrogens with one attached hydrogen (secondary N) is 2. The van der Waals surface area contributed by atoms with Crippen molar-refractivity contribution in [3.05, 3.63) is 40.0 Å². The molecule has 2 aromatic rings. The van der Waals surface area contributed by atoms with Crippen LogP contribution >= 0.6 is 11.3 Å². The van der Waals surface area contributed by atoms with Gasteiger partial charge < -0.3 is 15.4 Å². The van der Waals surface area contributed by atoms with E-state index in [1.54, 1.807) is 23.7 Å². The van der Waals surface area contributed by atoms with Crippen LogP contribution < -0.4 is 15.4 Å². The highest BCUT2D eigenvalue weighted by Gasteiger charge is 2.07. The van der Waals surface area contributed by atoms with Crippen molar-refractivity contribution in [1.29, 1.82) is 0 Å². The van der Waals surface area contributed by atoms with Crippen LogP contribution in [0.2, 0.25) is 0 Å². The molecule has 0 aliphatic heterocycles. The van der Waals surface area contributed by atoms with E-state index < -0.39 is 0 Å². The first-order chi connectivity index (χ1) is 10.2. The molecule has 21 heavy (non-hydrogen) atoms. The highest BCUT2D eigenvalue weighted by molar-refractivity contribution is 7.11. The van der Waals surface area contributed by atoms with Crippen LogP contribution in [0.5, 0.6) is 5.88 Å². The fourth-order valence-electron chi connectivity index (χ4n) is 1.72. The van der Waals surface area contributed by atoms with E-state index in [-0.39, 0.29) is 6.03 Å². The van der Waals surface area contributed by atoms with Crippen LogP contribution in [0, 0.1) is 6.92 Å². The van der Waals surface area contributed by atoms with E-state index >= 15 is 0 Å². The summed E-state index contributed by atoms with van der Waals surface area (Å²) in [5.74, 6) is 0.554. The van der Waals surface area contributed by atoms with E-state index in [1.165, 1.54) is 0 Å². The van der Waals surface area contributed by atoms with Gasteiger partial charge in [-0.05, 0) is 19.9 Å². The number of nitrogens with zero attached hydrogens (tertiary/aromatic N) is 2. The minimum atomic E-state index is -0.229. The highest BCUT2D eigenvalue weighted by atomic mass is 32.1. The number of thiazole rings is 1. The summed E-state index contributed by atoms with van der Waals surface area (Å²) in [5, 5.41) is 6.57. The van der Waals surface area contributed by atoms with E-state index in [9.17, 15) is 4.79 Å². The normalized spacial score (nSPS) is 10.2. The molecule has 0 fully saturated rings. The van der Waals surface area contributed by atoms with Crippen molar-refractivity contribution >= 4 is 17.4 Å². The number of pyridine rings is 1. The lowest BCUT2D eigenvalue weighted by Crippen LogP contribution is -2.34. The Bertz CT molecular complexity index is 600. The molecule has 0 atom stereocenters. The second kappa shape index (κ2) is 7.58. The number of urea groups is 1. The van der Waals surface area contributed by atoms with Crippen LogP contribution in [0.25, 0.3) is 0 Å². The average molecular weight is 306 g/mol. The van der Waals surface area contributed by atoms with Gasteiger partial charge in [-0.1, -0.05) is 6.07 Å². The number of aryl methyl sites for hydroxylation is 1. The fraction of sp³-hybridized carbons (Fsp3) is 0.357. The third-order valence-corrected chi connectivity index (χ3v) is 3.58. The number of hydrogen-bond acceptors (Lipinski definition) is 5. The van der Waals surface area contributed by atoms with Gasteiger partial charge >= 0.3 is 6.03 Å². The number of carbonyl (C=O) groups is 1. The number of rotatable bonds is 6. The predicted octanol–water partition coefficient (Wildman–Crippen LogP) is 2.24. The first-order valence-corrected chi connectivity index (χ1v) is 7.50. The molecular formula is C14H18N4O2S. The van der Waals surface area contributed by atoms with Gasteiger partial charge in [0.1, 0.15) is 0 Å². The molecule has 0 aliphatic carbocycles. The molecular weight excluding hydrogens is 288 g/mol. The van der Waals surface area contributed by atoms with Crippen molar-refractivity contribution in [1.82, 2.24) is 20.6 Å². The first kappa shape index (κ1) is 15.2. The summed E-state index contributed by atoms with van der Waals surface area (Å²) < 4.78 is 5.41. The second-order valence-electron chi connectivity index (χ2n) is 4.28. The van der Waals surface area contributed by atoms with Gasteiger partial charge in [-0.3, -0.25) is 0 Å². The van der Waals surface area contributed by atoms with Crippen molar-refractivity contribution in [2.24, 2.45) is 0 Å². The molecule has 0 saturated carbocycles. The minimum Gasteiger partial charge on any atom is -0.478 e. The van der Waals surface area contributed by atoms with E-state index in [2.05, 4.69) is 20.6 Å². The van der Waals surface area contributed by atoms with Crippen LogP contribution in [0.4, 0.5) is 4.79 Å². The smallest absolute Gasteiger partial charge is 0.315 e. The van der Waals surface area contributed by atoms with Crippen molar-refractivity contribution in [2.45, 2.75) is 26.9 Å². The van der Waals surface area contributed by atoms with Crippen molar-refractivity contribution in [2.75, 3.05) is 6.61 Å². The van der Waals surface area contributed by atoms with Gasteiger partial charge in [0.05, 0.1) is 18.2 Å². The van der Waals surface area contributed by atoms with E-state index in [0.717, 1.165) is 15.4 Å². The van der Waals surface area contributed by atoms with E-state index in [4.69, 9.17) is 4.74 Å². The zero-order valence-corrected chi connectivity index (χ0v) is 12.9. The molecule has 2 N–H and O–H groups in total. The lowest BCUT2D eigenvalue weighted by atomic mass is 10.2. The Morgan fingerprint density at radius 1 is 1.33 bits per heavy atom. The third kappa shape index (κ3) is 4.71. The molecule has 2 amide bonds. The van der Waals surface area contributed by atoms with Crippen LogP contribution in [-0.4, -0.2) is 22.6 Å². The molecule has 7 heteroatoms. The summed E-state index contributed by atoms with van der Waals surface area (Å²) in [7, 11) is 0. The van der Waals surface area contributed by atoms with Gasteiger partial charge in [0.2, 0.25) is 5.88 Å². The Balaban J connectivity index is 1.81. The summed E-state index contributed by atoms with van der Waals surface area (Å²) in [5.41, 5.74) is 0.850. The maximum atomic E-state index is 11.8. The van der Waals surface area contributed by atoms with Gasteiger partial charge in [0, 0.05) is 29.4 Å². The zero-order valence-electron chi connectivity index (χ0n) is 12.0. The SMILES string of the molecule is CCOc1ncccc1CNC(=O)NCc1cnc(C)s1. The average Bonchev–Trinajstić information content (AvgIpc) is 2.90. The number of hydrogen-bond donors (Lipinski definition) is 2. The lowest BCUT2D eigenvalue weighted by Gasteiger charge is -2.10. The Morgan fingerprint density at radius 2 is 2.14 bits per heavy atom. The number of carbonyl (C=O) groups excluding carboxylic acids is 1. The Morgan fingerprint density at radius 3 is 2.86 bits per heavy atom. The quantitative estimate of drug-likeness (QED) is 0.858. The molecule has 0 unspecified atom stereocenters. The number of aromatic nitrogens is 2. The number of ether oxygens (including phenoxy) is 1. The van der Waals surface area contributed by atoms with Gasteiger partial charge in [-0.15, -0.1) is 11.3 Å². The van der Waals surface area contributed by atoms with Crippen LogP contribution in [-0.2, 0) is 13.1 Å². The van der Waals surface area contributed by atoms with Crippen molar-refractivity contribution in [3.63, 3.8) is 0 Å². The zero-order chi connectivity index (χ0) is 15.1. The summed E-state index contributed by atoms with van der Waals surface area (Å²) in [6.07, 6.45) is 3.44. The molecule has 2 heterocycles. The maximum absolute atomic E-state index is 11.8. The minimum absolute atomic E-state index is 0.229. The molecule has 2 rings (SSSR count). The first-order valence-electron chi connectivity index (χ1n) is 6.68. The summed E-state index contributed by atoms with van der Waals surface area (Å²) in [4.78, 5) is 21.1. The molecule has 0 aromatic carbocycles. The Kier molecular flexibility index (Phi) is 5.51. The van der Waals surface area contributed by atoms with E-state index in [0.29, 0.717) is 25.6 Å². The lowest BCUT2D eigenvalue weighted by molar-refractivity contribution is 0.240. The highest BCUT2D eigenvalue weighted by Crippen LogP contribution is 2.14. The van der Waals surface area contributed by atoms with Gasteiger partial charge in [-0.2, -0.15) is 0 Å². The second-order valence-corrected chi connectivity index (χ2v) is 5.60. The molecule has 112 valence electrons. The van der Waals surface area contributed by atoms with Crippen molar-refractivity contribution < 1.29 is 9.53 Å². The molecule has 0 radical (unpaired) electrons. The van der Waals surface area contributed by atoms with Crippen LogP contribution in [0.1, 0.15) is 22.4 Å². The van der Waals surface area contributed by atoms with E-state index in [1.807, 2.05) is 26.0 Å². The van der Waals surface area contributed by atoms with Gasteiger partial charge in [-0.25, -0.2) is 14.8 Å². The van der Waals surface area contributed by atoms with Crippen molar-refractivity contribution in [3.8, 4) is 5.88 Å². The number of amides is 2. The molecule has 0 saturated heterocycles. The molecule has 2 aromatic heterocycles. The Labute approximate surface area is 127 Å². The molecule has 6 nitrogen and oxygen atoms in total. The summed E-state index contributed by atoms with van der Waals surface area (Å²) in [6, 6.07) is 3.47.